The molecular formula is C20H21N5O2. The highest BCUT2D eigenvalue weighted by molar-refractivity contribution is 5.96. The van der Waals surface area contributed by atoms with Crippen LogP contribution in [0.15, 0.2) is 47.0 Å². The van der Waals surface area contributed by atoms with E-state index in [4.69, 9.17) is 10.3 Å². The van der Waals surface area contributed by atoms with Gasteiger partial charge in [0.1, 0.15) is 17.5 Å². The van der Waals surface area contributed by atoms with Gasteiger partial charge in [-0.15, -0.1) is 0 Å². The predicted molar refractivity (Wildman–Crippen MR) is 101 cm³/mol. The van der Waals surface area contributed by atoms with Crippen LogP contribution in [0, 0.1) is 0 Å². The van der Waals surface area contributed by atoms with E-state index in [9.17, 15) is 4.79 Å². The van der Waals surface area contributed by atoms with Crippen molar-refractivity contribution in [1.29, 1.82) is 0 Å². The lowest BCUT2D eigenvalue weighted by Crippen LogP contribution is -2.47. The minimum absolute atomic E-state index is 0.0613. The quantitative estimate of drug-likeness (QED) is 0.639. The minimum Gasteiger partial charge on any atom is -0.360 e. The van der Waals surface area contributed by atoms with Crippen molar-refractivity contribution in [1.82, 2.24) is 20.9 Å². The van der Waals surface area contributed by atoms with E-state index in [0.717, 1.165) is 33.4 Å². The molecule has 2 aliphatic rings. The first-order valence-corrected chi connectivity index (χ1v) is 9.21. The van der Waals surface area contributed by atoms with Gasteiger partial charge in [0.2, 0.25) is 5.91 Å². The molecule has 2 aromatic carbocycles. The Balaban J connectivity index is 1.49. The summed E-state index contributed by atoms with van der Waals surface area (Å²) in [5.74, 6) is 0.933. The van der Waals surface area contributed by atoms with E-state index in [0.29, 0.717) is 25.9 Å². The second-order valence-corrected chi connectivity index (χ2v) is 7.15. The van der Waals surface area contributed by atoms with Crippen LogP contribution in [-0.2, 0) is 17.8 Å². The van der Waals surface area contributed by atoms with E-state index in [1.165, 1.54) is 0 Å². The molecule has 0 bridgehead atoms. The normalized spacial score (nSPS) is 22.2. The first-order chi connectivity index (χ1) is 13.2. The zero-order valence-electron chi connectivity index (χ0n) is 14.8. The van der Waals surface area contributed by atoms with E-state index in [1.54, 1.807) is 0 Å². The lowest BCUT2D eigenvalue weighted by atomic mass is 9.96. The van der Waals surface area contributed by atoms with E-state index in [2.05, 4.69) is 40.3 Å². The van der Waals surface area contributed by atoms with Crippen LogP contribution in [-0.4, -0.2) is 34.7 Å². The molecule has 3 heterocycles. The van der Waals surface area contributed by atoms with Crippen LogP contribution in [0.3, 0.4) is 0 Å². The third-order valence-corrected chi connectivity index (χ3v) is 5.41. The maximum atomic E-state index is 12.9. The predicted octanol–water partition coefficient (Wildman–Crippen LogP) is 1.53. The Morgan fingerprint density at radius 3 is 2.89 bits per heavy atom. The molecule has 138 valence electrons. The first-order valence-electron chi connectivity index (χ1n) is 9.21. The average molecular weight is 363 g/mol. The Morgan fingerprint density at radius 2 is 2.04 bits per heavy atom. The Labute approximate surface area is 156 Å². The Morgan fingerprint density at radius 1 is 1.19 bits per heavy atom. The maximum absolute atomic E-state index is 12.9. The fraction of sp³-hybridized carbons (Fsp3) is 0.300. The molecule has 0 aliphatic carbocycles. The molecule has 5 rings (SSSR count). The second kappa shape index (κ2) is 6.45. The van der Waals surface area contributed by atoms with Crippen LogP contribution < -0.4 is 16.6 Å². The number of benzene rings is 2. The summed E-state index contributed by atoms with van der Waals surface area (Å²) in [6.45, 7) is 1.13. The fourth-order valence-corrected chi connectivity index (χ4v) is 4.00. The van der Waals surface area contributed by atoms with Gasteiger partial charge in [0.15, 0.2) is 0 Å². The topological polar surface area (TPSA) is 96.4 Å². The Hall–Kier alpha value is -2.74. The molecule has 3 aromatic rings. The number of carbonyl (C=O) groups is 1. The largest absolute Gasteiger partial charge is 0.360 e. The molecule has 2 atom stereocenters. The fourth-order valence-electron chi connectivity index (χ4n) is 4.00. The van der Waals surface area contributed by atoms with Gasteiger partial charge in [-0.25, -0.2) is 10.9 Å². The first kappa shape index (κ1) is 16.4. The molecule has 1 saturated heterocycles. The molecule has 1 fully saturated rings. The zero-order chi connectivity index (χ0) is 18.4. The number of aromatic nitrogens is 1. The second-order valence-electron chi connectivity index (χ2n) is 7.15. The average Bonchev–Trinajstić information content (AvgIpc) is 3.32. The number of hydrogen-bond donors (Lipinski definition) is 3. The summed E-state index contributed by atoms with van der Waals surface area (Å²) in [5, 5.41) is 6.65. The number of amides is 1. The third kappa shape index (κ3) is 2.80. The van der Waals surface area contributed by atoms with Crippen molar-refractivity contribution >= 4 is 16.7 Å². The maximum Gasteiger partial charge on any atom is 0.241 e. The number of hydrogen-bond acceptors (Lipinski definition) is 6. The van der Waals surface area contributed by atoms with Crippen molar-refractivity contribution in [3.8, 4) is 11.3 Å². The summed E-state index contributed by atoms with van der Waals surface area (Å²) in [6, 6.07) is 14.1. The number of hydrazine groups is 1. The van der Waals surface area contributed by atoms with Crippen molar-refractivity contribution < 1.29 is 9.32 Å². The number of nitrogens with zero attached hydrogens (tertiary/aromatic N) is 2. The number of rotatable bonds is 2. The van der Waals surface area contributed by atoms with Gasteiger partial charge in [0, 0.05) is 30.5 Å². The summed E-state index contributed by atoms with van der Waals surface area (Å²) in [7, 11) is 0. The molecular weight excluding hydrogens is 342 g/mol. The molecule has 1 amide bonds. The van der Waals surface area contributed by atoms with Gasteiger partial charge in [0.05, 0.1) is 12.7 Å². The smallest absolute Gasteiger partial charge is 0.241 e. The van der Waals surface area contributed by atoms with Crippen molar-refractivity contribution in [2.75, 3.05) is 6.54 Å². The van der Waals surface area contributed by atoms with Crippen molar-refractivity contribution in [2.45, 2.75) is 31.6 Å². The zero-order valence-corrected chi connectivity index (χ0v) is 14.8. The third-order valence-electron chi connectivity index (χ3n) is 5.41. The number of nitrogens with two attached hydrogens (primary N) is 1. The molecule has 0 spiro atoms. The van der Waals surface area contributed by atoms with Gasteiger partial charge in [-0.1, -0.05) is 47.6 Å². The molecule has 27 heavy (non-hydrogen) atoms. The Bertz CT molecular complexity index is 1010. The van der Waals surface area contributed by atoms with Crippen molar-refractivity contribution in [3.63, 3.8) is 0 Å². The van der Waals surface area contributed by atoms with E-state index >= 15 is 0 Å². The number of nitrogens with one attached hydrogen (secondary N) is 2. The van der Waals surface area contributed by atoms with Gasteiger partial charge >= 0.3 is 0 Å². The molecule has 4 N–H and O–H groups in total. The highest BCUT2D eigenvalue weighted by Crippen LogP contribution is 2.34. The molecule has 2 unspecified atom stereocenters. The SMILES string of the molecule is NC1CC(C(=O)N2CCc3onc(-c4cccc5ccccc45)c3C2)NN1. The highest BCUT2D eigenvalue weighted by Gasteiger charge is 2.34. The molecule has 7 heteroatoms. The molecule has 1 aromatic heterocycles. The van der Waals surface area contributed by atoms with Crippen LogP contribution in [0.4, 0.5) is 0 Å². The summed E-state index contributed by atoms with van der Waals surface area (Å²) in [6.07, 6.45) is 1.06. The van der Waals surface area contributed by atoms with Gasteiger partial charge in [-0.3, -0.25) is 4.79 Å². The standard InChI is InChI=1S/C20H21N5O2/c21-18-10-16(22-23-18)20(26)25-9-8-17-15(11-25)19(24-27-17)14-7-3-5-12-4-1-2-6-13(12)14/h1-7,16,18,22-23H,8-11,21H2. The van der Waals surface area contributed by atoms with Crippen molar-refractivity contribution in [2.24, 2.45) is 5.73 Å². The van der Waals surface area contributed by atoms with E-state index < -0.39 is 0 Å². The minimum atomic E-state index is -0.289. The van der Waals surface area contributed by atoms with Crippen LogP contribution in [0.5, 0.6) is 0 Å². The van der Waals surface area contributed by atoms with Gasteiger partial charge in [-0.2, -0.15) is 0 Å². The lowest BCUT2D eigenvalue weighted by molar-refractivity contribution is -0.134. The highest BCUT2D eigenvalue weighted by atomic mass is 16.5. The summed E-state index contributed by atoms with van der Waals surface area (Å²) in [4.78, 5) is 14.7. The summed E-state index contributed by atoms with van der Waals surface area (Å²) >= 11 is 0. The van der Waals surface area contributed by atoms with Crippen LogP contribution in [0.2, 0.25) is 0 Å². The van der Waals surface area contributed by atoms with Gasteiger partial charge < -0.3 is 15.2 Å². The Kier molecular flexibility index (Phi) is 3.93. The molecule has 7 nitrogen and oxygen atoms in total. The monoisotopic (exact) mass is 363 g/mol. The van der Waals surface area contributed by atoms with Gasteiger partial charge in [-0.05, 0) is 10.8 Å². The summed E-state index contributed by atoms with van der Waals surface area (Å²) in [5.41, 5.74) is 14.6. The molecule has 2 aliphatic heterocycles. The molecule has 0 saturated carbocycles. The van der Waals surface area contributed by atoms with Crippen molar-refractivity contribution in [3.05, 3.63) is 53.8 Å². The number of fused-ring (bicyclic) bond motifs is 2. The van der Waals surface area contributed by atoms with E-state index in [-0.39, 0.29) is 18.1 Å². The summed E-state index contributed by atoms with van der Waals surface area (Å²) < 4.78 is 5.63. The molecule has 0 radical (unpaired) electrons. The van der Waals surface area contributed by atoms with Crippen LogP contribution >= 0.6 is 0 Å². The lowest BCUT2D eigenvalue weighted by Gasteiger charge is -2.28. The van der Waals surface area contributed by atoms with Crippen LogP contribution in [0.25, 0.3) is 22.0 Å². The number of carbonyl (C=O) groups excluding carboxylic acids is 1. The van der Waals surface area contributed by atoms with Gasteiger partial charge in [0.25, 0.3) is 0 Å². The van der Waals surface area contributed by atoms with Crippen LogP contribution in [0.1, 0.15) is 17.7 Å². The van der Waals surface area contributed by atoms with E-state index in [1.807, 2.05) is 23.1 Å².